The van der Waals surface area contributed by atoms with Crippen LogP contribution >= 0.6 is 0 Å². The van der Waals surface area contributed by atoms with E-state index >= 15 is 0 Å². The van der Waals surface area contributed by atoms with Gasteiger partial charge in [-0.1, -0.05) is 11.2 Å². The number of rotatable bonds is 4. The lowest BCUT2D eigenvalue weighted by atomic mass is 9.83. The van der Waals surface area contributed by atoms with Crippen molar-refractivity contribution in [2.45, 2.75) is 83.4 Å². The maximum atomic E-state index is 14.3. The van der Waals surface area contributed by atoms with Crippen molar-refractivity contribution in [3.8, 4) is 11.1 Å². The molecule has 3 heterocycles. The van der Waals surface area contributed by atoms with Crippen molar-refractivity contribution < 1.29 is 23.2 Å². The molecule has 1 atom stereocenters. The van der Waals surface area contributed by atoms with Gasteiger partial charge in [-0.3, -0.25) is 4.79 Å². The lowest BCUT2D eigenvalue weighted by Gasteiger charge is -2.38. The number of piperidine rings is 1. The number of nitrogens with zero attached hydrogens (tertiary/aromatic N) is 4. The van der Waals surface area contributed by atoms with Gasteiger partial charge in [-0.25, -0.2) is 13.8 Å². The van der Waals surface area contributed by atoms with Gasteiger partial charge in [-0.05, 0) is 89.1 Å². The highest BCUT2D eigenvalue weighted by molar-refractivity contribution is 5.95. The third-order valence-corrected chi connectivity index (χ3v) is 8.36. The van der Waals surface area contributed by atoms with Crippen LogP contribution in [0.4, 0.5) is 14.5 Å². The molecule has 2 aromatic heterocycles. The molecular weight excluding hydrogens is 502 g/mol. The number of imidazole rings is 1. The molecule has 2 fully saturated rings. The topological polar surface area (TPSA) is 84.4 Å². The smallest absolute Gasteiger partial charge is 0.227 e. The standard InChI is InChI=1S/C30H32F2N4O3/c1-17-28(18(2)39-34-17)19-7-10-25-24(15-19)33-29(36(25)20-11-13-30(3,38)14-12-20)26-5-4-6-27(37)35(26)21-8-9-22(31)23(32)16-21/h7-10,15-16,20,26,38H,4-6,11-14H2,1-3H3/t20?,26-,30?/m0/s1. The third kappa shape index (κ3) is 4.52. The molecule has 0 bridgehead atoms. The van der Waals surface area contributed by atoms with Gasteiger partial charge in [0, 0.05) is 29.8 Å². The van der Waals surface area contributed by atoms with E-state index in [1.54, 1.807) is 4.90 Å². The van der Waals surface area contributed by atoms with Gasteiger partial charge in [0.25, 0.3) is 0 Å². The van der Waals surface area contributed by atoms with Gasteiger partial charge < -0.3 is 19.1 Å². The number of benzene rings is 2. The molecule has 39 heavy (non-hydrogen) atoms. The molecule has 1 N–H and O–H groups in total. The predicted molar refractivity (Wildman–Crippen MR) is 143 cm³/mol. The number of carbonyl (C=O) groups excluding carboxylic acids is 1. The summed E-state index contributed by atoms with van der Waals surface area (Å²) in [6, 6.07) is 9.36. The van der Waals surface area contributed by atoms with Crippen molar-refractivity contribution >= 4 is 22.6 Å². The Morgan fingerprint density at radius 3 is 2.51 bits per heavy atom. The Morgan fingerprint density at radius 1 is 1.05 bits per heavy atom. The van der Waals surface area contributed by atoms with E-state index in [9.17, 15) is 18.7 Å². The van der Waals surface area contributed by atoms with Crippen molar-refractivity contribution in [3.63, 3.8) is 0 Å². The molecule has 1 saturated heterocycles. The summed E-state index contributed by atoms with van der Waals surface area (Å²) in [6.45, 7) is 5.66. The SMILES string of the molecule is Cc1noc(C)c1-c1ccc2c(c1)nc([C@@H]1CCCC(=O)N1c1ccc(F)c(F)c1)n2C1CCC(C)(O)CC1. The highest BCUT2D eigenvalue weighted by Crippen LogP contribution is 2.43. The molecule has 0 spiro atoms. The van der Waals surface area contributed by atoms with Gasteiger partial charge in [0.05, 0.1) is 28.4 Å². The summed E-state index contributed by atoms with van der Waals surface area (Å²) >= 11 is 0. The third-order valence-electron chi connectivity index (χ3n) is 8.36. The van der Waals surface area contributed by atoms with Crippen LogP contribution in [0.3, 0.4) is 0 Å². The average Bonchev–Trinajstić information content (AvgIpc) is 3.44. The molecule has 1 amide bonds. The number of aromatic nitrogens is 3. The van der Waals surface area contributed by atoms with Crippen molar-refractivity contribution in [1.82, 2.24) is 14.7 Å². The van der Waals surface area contributed by atoms with Crippen LogP contribution in [0, 0.1) is 25.5 Å². The number of anilines is 1. The lowest BCUT2D eigenvalue weighted by Crippen LogP contribution is -2.40. The molecule has 2 aromatic carbocycles. The maximum absolute atomic E-state index is 14.3. The minimum absolute atomic E-state index is 0.0824. The van der Waals surface area contributed by atoms with E-state index in [4.69, 9.17) is 9.51 Å². The Balaban J connectivity index is 1.51. The Labute approximate surface area is 225 Å². The fourth-order valence-corrected chi connectivity index (χ4v) is 6.34. The second-order valence-electron chi connectivity index (χ2n) is 11.2. The van der Waals surface area contributed by atoms with Crippen molar-refractivity contribution in [1.29, 1.82) is 0 Å². The van der Waals surface area contributed by atoms with E-state index in [-0.39, 0.29) is 11.9 Å². The van der Waals surface area contributed by atoms with E-state index in [1.165, 1.54) is 6.07 Å². The number of amides is 1. The first-order valence-corrected chi connectivity index (χ1v) is 13.6. The van der Waals surface area contributed by atoms with Crippen LogP contribution in [0.1, 0.15) is 81.2 Å². The van der Waals surface area contributed by atoms with Crippen LogP contribution in [0.5, 0.6) is 0 Å². The minimum atomic E-state index is -0.989. The van der Waals surface area contributed by atoms with Gasteiger partial charge in [-0.2, -0.15) is 0 Å². The van der Waals surface area contributed by atoms with E-state index < -0.39 is 23.3 Å². The Morgan fingerprint density at radius 2 is 1.82 bits per heavy atom. The largest absolute Gasteiger partial charge is 0.390 e. The molecule has 0 unspecified atom stereocenters. The van der Waals surface area contributed by atoms with Crippen LogP contribution in [0.25, 0.3) is 22.2 Å². The summed E-state index contributed by atoms with van der Waals surface area (Å²) in [5.41, 5.74) is 4.01. The van der Waals surface area contributed by atoms with Gasteiger partial charge >= 0.3 is 0 Å². The molecule has 1 aliphatic carbocycles. The summed E-state index contributed by atoms with van der Waals surface area (Å²) in [6.07, 6.45) is 4.50. The number of fused-ring (bicyclic) bond motifs is 1. The van der Waals surface area contributed by atoms with Crippen molar-refractivity contribution in [2.24, 2.45) is 0 Å². The number of aryl methyl sites for hydroxylation is 2. The summed E-state index contributed by atoms with van der Waals surface area (Å²) in [7, 11) is 0. The van der Waals surface area contributed by atoms with E-state index in [0.29, 0.717) is 37.8 Å². The van der Waals surface area contributed by atoms with E-state index in [1.807, 2.05) is 39.0 Å². The zero-order chi connectivity index (χ0) is 27.5. The molecule has 0 radical (unpaired) electrons. The fourth-order valence-electron chi connectivity index (χ4n) is 6.34. The highest BCUT2D eigenvalue weighted by atomic mass is 19.2. The summed E-state index contributed by atoms with van der Waals surface area (Å²) < 4.78 is 35.7. The second kappa shape index (κ2) is 9.55. The van der Waals surface area contributed by atoms with Gasteiger partial charge in [-0.15, -0.1) is 0 Å². The van der Waals surface area contributed by atoms with Crippen LogP contribution in [-0.2, 0) is 4.79 Å². The highest BCUT2D eigenvalue weighted by Gasteiger charge is 2.38. The second-order valence-corrected chi connectivity index (χ2v) is 11.2. The molecule has 9 heteroatoms. The zero-order valence-corrected chi connectivity index (χ0v) is 22.4. The molecule has 4 aromatic rings. The van der Waals surface area contributed by atoms with Gasteiger partial charge in [0.1, 0.15) is 11.6 Å². The molecular formula is C30H32F2N4O3. The lowest BCUT2D eigenvalue weighted by molar-refractivity contribution is -0.120. The van der Waals surface area contributed by atoms with Crippen LogP contribution in [-0.4, -0.2) is 31.3 Å². The first-order chi connectivity index (χ1) is 18.6. The number of hydrogen-bond donors (Lipinski definition) is 1. The normalized spacial score (nSPS) is 24.1. The minimum Gasteiger partial charge on any atom is -0.390 e. The Kier molecular flexibility index (Phi) is 6.29. The monoisotopic (exact) mass is 534 g/mol. The Hall–Kier alpha value is -3.59. The molecule has 2 aliphatic rings. The first kappa shape index (κ1) is 25.7. The fraction of sp³-hybridized carbons (Fsp3) is 0.433. The Bertz CT molecular complexity index is 1540. The quantitative estimate of drug-likeness (QED) is 0.315. The van der Waals surface area contributed by atoms with Crippen molar-refractivity contribution in [2.75, 3.05) is 4.90 Å². The first-order valence-electron chi connectivity index (χ1n) is 13.6. The van der Waals surface area contributed by atoms with Gasteiger partial charge in [0.2, 0.25) is 5.91 Å². The molecule has 204 valence electrons. The molecule has 6 rings (SSSR count). The number of halogens is 2. The van der Waals surface area contributed by atoms with E-state index in [0.717, 1.165) is 64.4 Å². The molecule has 1 saturated carbocycles. The summed E-state index contributed by atoms with van der Waals surface area (Å²) in [4.78, 5) is 20.0. The number of hydrogen-bond acceptors (Lipinski definition) is 5. The summed E-state index contributed by atoms with van der Waals surface area (Å²) in [5.74, 6) is -0.627. The molecule has 1 aliphatic heterocycles. The van der Waals surface area contributed by atoms with Gasteiger partial charge in [0.15, 0.2) is 11.6 Å². The predicted octanol–water partition coefficient (Wildman–Crippen LogP) is 6.71. The zero-order valence-electron chi connectivity index (χ0n) is 22.4. The molecule has 7 nitrogen and oxygen atoms in total. The van der Waals surface area contributed by atoms with Crippen LogP contribution < -0.4 is 4.90 Å². The van der Waals surface area contributed by atoms with Crippen molar-refractivity contribution in [3.05, 3.63) is 65.3 Å². The number of carbonyl (C=O) groups is 1. The van der Waals surface area contributed by atoms with Crippen LogP contribution in [0.15, 0.2) is 40.9 Å². The van der Waals surface area contributed by atoms with Crippen LogP contribution in [0.2, 0.25) is 0 Å². The maximum Gasteiger partial charge on any atom is 0.227 e. The van der Waals surface area contributed by atoms with E-state index in [2.05, 4.69) is 9.72 Å². The number of aliphatic hydroxyl groups is 1. The summed E-state index contributed by atoms with van der Waals surface area (Å²) in [5, 5.41) is 14.7. The average molecular weight is 535 g/mol.